The highest BCUT2D eigenvalue weighted by molar-refractivity contribution is 7.89. The highest BCUT2D eigenvalue weighted by atomic mass is 32.2. The smallest absolute Gasteiger partial charge is 0.258 e. The van der Waals surface area contributed by atoms with E-state index in [2.05, 4.69) is 10.1 Å². The van der Waals surface area contributed by atoms with Crippen LogP contribution < -0.4 is 0 Å². The van der Waals surface area contributed by atoms with Crippen LogP contribution in [0.15, 0.2) is 22.7 Å². The van der Waals surface area contributed by atoms with E-state index in [-0.39, 0.29) is 23.2 Å². The molecule has 0 spiro atoms. The second kappa shape index (κ2) is 4.41. The molecule has 2 aromatic rings. The first kappa shape index (κ1) is 12.6. The molecule has 2 rings (SSSR count). The van der Waals surface area contributed by atoms with E-state index < -0.39 is 9.84 Å². The van der Waals surface area contributed by atoms with Crippen LogP contribution in [-0.4, -0.2) is 29.9 Å². The fourth-order valence-corrected chi connectivity index (χ4v) is 2.13. The third kappa shape index (κ3) is 2.86. The summed E-state index contributed by atoms with van der Waals surface area (Å²) >= 11 is 0. The Morgan fingerprint density at radius 1 is 1.39 bits per heavy atom. The molecule has 0 fully saturated rings. The SMILES string of the molecule is Cc1cc(O)ccc1-c1nc(CS(C)(=O)=O)no1. The summed E-state index contributed by atoms with van der Waals surface area (Å²) in [5.74, 6) is 0.256. The molecule has 1 aromatic carbocycles. The van der Waals surface area contributed by atoms with Crippen molar-refractivity contribution in [2.75, 3.05) is 6.26 Å². The number of sulfone groups is 1. The molecule has 0 amide bonds. The van der Waals surface area contributed by atoms with Crippen molar-refractivity contribution in [1.29, 1.82) is 0 Å². The van der Waals surface area contributed by atoms with Gasteiger partial charge in [-0.3, -0.25) is 0 Å². The molecule has 0 atom stereocenters. The number of aryl methyl sites for hydroxylation is 1. The lowest BCUT2D eigenvalue weighted by molar-refractivity contribution is 0.424. The monoisotopic (exact) mass is 268 g/mol. The molecular formula is C11H12N2O4S. The number of hydrogen-bond donors (Lipinski definition) is 1. The quantitative estimate of drug-likeness (QED) is 0.901. The van der Waals surface area contributed by atoms with Crippen molar-refractivity contribution in [3.63, 3.8) is 0 Å². The van der Waals surface area contributed by atoms with Crippen molar-refractivity contribution >= 4 is 9.84 Å². The van der Waals surface area contributed by atoms with Gasteiger partial charge < -0.3 is 9.63 Å². The lowest BCUT2D eigenvalue weighted by atomic mass is 10.1. The molecule has 6 nitrogen and oxygen atoms in total. The first-order valence-electron chi connectivity index (χ1n) is 5.15. The van der Waals surface area contributed by atoms with Crippen molar-refractivity contribution in [3.8, 4) is 17.2 Å². The number of benzene rings is 1. The van der Waals surface area contributed by atoms with Crippen LogP contribution in [0.2, 0.25) is 0 Å². The number of hydrogen-bond acceptors (Lipinski definition) is 6. The normalized spacial score (nSPS) is 11.7. The fourth-order valence-electron chi connectivity index (χ4n) is 1.54. The topological polar surface area (TPSA) is 93.3 Å². The maximum Gasteiger partial charge on any atom is 0.258 e. The molecule has 0 unspecified atom stereocenters. The van der Waals surface area contributed by atoms with Crippen LogP contribution in [0.25, 0.3) is 11.5 Å². The largest absolute Gasteiger partial charge is 0.508 e. The van der Waals surface area contributed by atoms with E-state index in [4.69, 9.17) is 4.52 Å². The van der Waals surface area contributed by atoms with Gasteiger partial charge in [-0.25, -0.2) is 8.42 Å². The second-order valence-corrected chi connectivity index (χ2v) is 6.23. The lowest BCUT2D eigenvalue weighted by Crippen LogP contribution is -2.02. The van der Waals surface area contributed by atoms with Gasteiger partial charge in [-0.1, -0.05) is 5.16 Å². The molecule has 1 heterocycles. The summed E-state index contributed by atoms with van der Waals surface area (Å²) in [6, 6.07) is 4.71. The first-order valence-corrected chi connectivity index (χ1v) is 7.21. The van der Waals surface area contributed by atoms with E-state index in [9.17, 15) is 13.5 Å². The summed E-state index contributed by atoms with van der Waals surface area (Å²) < 4.78 is 27.2. The van der Waals surface area contributed by atoms with E-state index in [1.807, 2.05) is 0 Å². The van der Waals surface area contributed by atoms with Crippen molar-refractivity contribution in [2.45, 2.75) is 12.7 Å². The van der Waals surface area contributed by atoms with Crippen LogP contribution in [-0.2, 0) is 15.6 Å². The number of nitrogens with zero attached hydrogens (tertiary/aromatic N) is 2. The number of phenols is 1. The highest BCUT2D eigenvalue weighted by Crippen LogP contribution is 2.25. The van der Waals surface area contributed by atoms with Gasteiger partial charge >= 0.3 is 0 Å². The maximum atomic E-state index is 11.1. The van der Waals surface area contributed by atoms with E-state index in [0.717, 1.165) is 11.8 Å². The number of aromatic nitrogens is 2. The van der Waals surface area contributed by atoms with Crippen LogP contribution in [0.1, 0.15) is 11.4 Å². The highest BCUT2D eigenvalue weighted by Gasteiger charge is 2.14. The van der Waals surface area contributed by atoms with Crippen LogP contribution in [0.4, 0.5) is 0 Å². The fraction of sp³-hybridized carbons (Fsp3) is 0.273. The van der Waals surface area contributed by atoms with Crippen molar-refractivity contribution in [1.82, 2.24) is 10.1 Å². The van der Waals surface area contributed by atoms with Crippen LogP contribution in [0.5, 0.6) is 5.75 Å². The van der Waals surface area contributed by atoms with E-state index in [1.165, 1.54) is 6.07 Å². The summed E-state index contributed by atoms with van der Waals surface area (Å²) in [6.45, 7) is 1.79. The Morgan fingerprint density at radius 3 is 2.72 bits per heavy atom. The lowest BCUT2D eigenvalue weighted by Gasteiger charge is -2.00. The van der Waals surface area contributed by atoms with E-state index >= 15 is 0 Å². The summed E-state index contributed by atoms with van der Waals surface area (Å²) in [5.41, 5.74) is 1.43. The Morgan fingerprint density at radius 2 is 2.11 bits per heavy atom. The minimum atomic E-state index is -3.19. The Balaban J connectivity index is 2.35. The molecule has 0 aliphatic rings. The van der Waals surface area contributed by atoms with Crippen LogP contribution in [0.3, 0.4) is 0 Å². The molecule has 0 bridgehead atoms. The molecule has 96 valence electrons. The van der Waals surface area contributed by atoms with Gasteiger partial charge in [-0.05, 0) is 30.7 Å². The van der Waals surface area contributed by atoms with Gasteiger partial charge in [-0.2, -0.15) is 4.98 Å². The minimum absolute atomic E-state index is 0.125. The molecule has 1 N–H and O–H groups in total. The van der Waals surface area contributed by atoms with Crippen LogP contribution >= 0.6 is 0 Å². The first-order chi connectivity index (χ1) is 8.35. The van der Waals surface area contributed by atoms with Gasteiger partial charge in [-0.15, -0.1) is 0 Å². The molecular weight excluding hydrogens is 256 g/mol. The van der Waals surface area contributed by atoms with E-state index in [0.29, 0.717) is 5.56 Å². The summed E-state index contributed by atoms with van der Waals surface area (Å²) in [4.78, 5) is 4.02. The predicted octanol–water partition coefficient (Wildman–Crippen LogP) is 1.30. The summed E-state index contributed by atoms with van der Waals surface area (Å²) in [5, 5.41) is 12.9. The summed E-state index contributed by atoms with van der Waals surface area (Å²) in [7, 11) is -3.19. The van der Waals surface area contributed by atoms with Gasteiger partial charge in [0, 0.05) is 11.8 Å². The molecule has 0 radical (unpaired) electrons. The Labute approximate surface area is 104 Å². The van der Waals surface area contributed by atoms with Gasteiger partial charge in [0.1, 0.15) is 11.5 Å². The number of rotatable bonds is 3. The van der Waals surface area contributed by atoms with Gasteiger partial charge in [0.2, 0.25) is 0 Å². The van der Waals surface area contributed by atoms with Crippen molar-refractivity contribution < 1.29 is 18.0 Å². The Kier molecular flexibility index (Phi) is 3.08. The Bertz CT molecular complexity index is 676. The molecule has 0 saturated heterocycles. The zero-order chi connectivity index (χ0) is 13.3. The van der Waals surface area contributed by atoms with Gasteiger partial charge in [0.05, 0.1) is 0 Å². The standard InChI is InChI=1S/C11H12N2O4S/c1-7-5-8(14)3-4-9(7)11-12-10(13-17-11)6-18(2,15)16/h3-5,14H,6H2,1-2H3. The maximum absolute atomic E-state index is 11.1. The predicted molar refractivity (Wildman–Crippen MR) is 64.7 cm³/mol. The molecule has 7 heteroatoms. The van der Waals surface area contributed by atoms with Crippen LogP contribution in [0, 0.1) is 6.92 Å². The second-order valence-electron chi connectivity index (χ2n) is 4.09. The summed E-state index contributed by atoms with van der Waals surface area (Å²) in [6.07, 6.45) is 1.11. The zero-order valence-electron chi connectivity index (χ0n) is 9.91. The van der Waals surface area contributed by atoms with Gasteiger partial charge in [0.15, 0.2) is 15.7 Å². The van der Waals surface area contributed by atoms with Gasteiger partial charge in [0.25, 0.3) is 5.89 Å². The molecule has 18 heavy (non-hydrogen) atoms. The molecule has 0 aliphatic carbocycles. The van der Waals surface area contributed by atoms with Crippen molar-refractivity contribution in [3.05, 3.63) is 29.6 Å². The number of phenolic OH excluding ortho intramolecular Hbond substituents is 1. The minimum Gasteiger partial charge on any atom is -0.508 e. The molecule has 0 saturated carbocycles. The number of aromatic hydroxyl groups is 1. The third-order valence-electron chi connectivity index (χ3n) is 2.30. The molecule has 0 aliphatic heterocycles. The molecule has 1 aromatic heterocycles. The third-order valence-corrected chi connectivity index (χ3v) is 3.08. The average Bonchev–Trinajstić information content (AvgIpc) is 2.63. The van der Waals surface area contributed by atoms with E-state index in [1.54, 1.807) is 19.1 Å². The zero-order valence-corrected chi connectivity index (χ0v) is 10.7. The average molecular weight is 268 g/mol. The Hall–Kier alpha value is -1.89. The van der Waals surface area contributed by atoms with Crippen molar-refractivity contribution in [2.24, 2.45) is 0 Å².